The van der Waals surface area contributed by atoms with Crippen molar-refractivity contribution in [3.63, 3.8) is 0 Å². The van der Waals surface area contributed by atoms with Gasteiger partial charge in [0, 0.05) is 25.4 Å². The summed E-state index contributed by atoms with van der Waals surface area (Å²) in [7, 11) is 0. The van der Waals surface area contributed by atoms with Crippen molar-refractivity contribution in [1.82, 2.24) is 4.98 Å². The summed E-state index contributed by atoms with van der Waals surface area (Å²) in [6, 6.07) is 6.42. The van der Waals surface area contributed by atoms with Gasteiger partial charge in [-0.25, -0.2) is 4.98 Å². The van der Waals surface area contributed by atoms with Gasteiger partial charge in [0.2, 0.25) is 0 Å². The lowest BCUT2D eigenvalue weighted by atomic mass is 9.99. The first-order valence-electron chi connectivity index (χ1n) is 7.45. The zero-order valence-electron chi connectivity index (χ0n) is 12.4. The third-order valence-electron chi connectivity index (χ3n) is 3.70. The van der Waals surface area contributed by atoms with E-state index in [2.05, 4.69) is 29.8 Å². The second-order valence-corrected chi connectivity index (χ2v) is 5.57. The van der Waals surface area contributed by atoms with Gasteiger partial charge in [-0.1, -0.05) is 0 Å². The third kappa shape index (κ3) is 3.94. The Kier molecular flexibility index (Phi) is 5.37. The molecule has 20 heavy (non-hydrogen) atoms. The highest BCUT2D eigenvalue weighted by Crippen LogP contribution is 2.25. The molecule has 2 heterocycles. The molecule has 1 unspecified atom stereocenters. The molecular formula is C16H23N3O. The Morgan fingerprint density at radius 3 is 2.95 bits per heavy atom. The van der Waals surface area contributed by atoms with Crippen molar-refractivity contribution in [2.24, 2.45) is 0 Å². The van der Waals surface area contributed by atoms with Gasteiger partial charge in [-0.2, -0.15) is 5.26 Å². The molecule has 4 heteroatoms. The molecule has 1 aromatic rings. The van der Waals surface area contributed by atoms with Crippen LogP contribution in [0.25, 0.3) is 0 Å². The number of piperidine rings is 1. The molecule has 0 N–H and O–H groups in total. The molecule has 0 saturated carbocycles. The minimum absolute atomic E-state index is 0.292. The summed E-state index contributed by atoms with van der Waals surface area (Å²) < 4.78 is 5.68. The summed E-state index contributed by atoms with van der Waals surface area (Å²) in [5.74, 6) is 0.984. The van der Waals surface area contributed by atoms with Crippen molar-refractivity contribution in [2.45, 2.75) is 51.7 Å². The molecular weight excluding hydrogens is 250 g/mol. The summed E-state index contributed by atoms with van der Waals surface area (Å²) >= 11 is 0. The van der Waals surface area contributed by atoms with E-state index >= 15 is 0 Å². The Balaban J connectivity index is 2.00. The maximum Gasteiger partial charge on any atom is 0.128 e. The Hall–Kier alpha value is -1.60. The van der Waals surface area contributed by atoms with E-state index in [4.69, 9.17) is 10.00 Å². The molecule has 0 radical (unpaired) electrons. The molecule has 0 amide bonds. The molecule has 108 valence electrons. The van der Waals surface area contributed by atoms with E-state index in [1.54, 1.807) is 6.20 Å². The molecule has 1 aliphatic rings. The van der Waals surface area contributed by atoms with Crippen molar-refractivity contribution < 1.29 is 4.74 Å². The Morgan fingerprint density at radius 1 is 1.45 bits per heavy atom. The fourth-order valence-corrected chi connectivity index (χ4v) is 2.66. The zero-order chi connectivity index (χ0) is 14.4. The second-order valence-electron chi connectivity index (χ2n) is 5.57. The summed E-state index contributed by atoms with van der Waals surface area (Å²) in [5, 5.41) is 8.84. The lowest BCUT2D eigenvalue weighted by molar-refractivity contribution is 0.0717. The Morgan fingerprint density at radius 2 is 2.30 bits per heavy atom. The van der Waals surface area contributed by atoms with Crippen LogP contribution in [0.1, 0.15) is 45.1 Å². The fraction of sp³-hybridized carbons (Fsp3) is 0.625. The monoisotopic (exact) mass is 273 g/mol. The van der Waals surface area contributed by atoms with Crippen LogP contribution in [0.3, 0.4) is 0 Å². The summed E-state index contributed by atoms with van der Waals surface area (Å²) in [4.78, 5) is 6.80. The molecule has 1 saturated heterocycles. The van der Waals surface area contributed by atoms with Crippen molar-refractivity contribution in [2.75, 3.05) is 18.1 Å². The molecule has 4 nitrogen and oxygen atoms in total. The van der Waals surface area contributed by atoms with Gasteiger partial charge in [0.05, 0.1) is 11.7 Å². The Labute approximate surface area is 121 Å². The van der Waals surface area contributed by atoms with Gasteiger partial charge in [-0.3, -0.25) is 0 Å². The van der Waals surface area contributed by atoms with Gasteiger partial charge in [-0.15, -0.1) is 0 Å². The SMILES string of the molecule is CC(C)OCCC1CCCCN1c1ccc(C#N)cn1. The van der Waals surface area contributed by atoms with Gasteiger partial charge in [0.25, 0.3) is 0 Å². The van der Waals surface area contributed by atoms with E-state index < -0.39 is 0 Å². The first-order valence-corrected chi connectivity index (χ1v) is 7.45. The number of hydrogen-bond donors (Lipinski definition) is 0. The lowest BCUT2D eigenvalue weighted by Crippen LogP contribution is -2.40. The van der Waals surface area contributed by atoms with E-state index in [1.807, 2.05) is 12.1 Å². The summed E-state index contributed by atoms with van der Waals surface area (Å²) in [5.41, 5.74) is 0.616. The Bertz CT molecular complexity index is 450. The van der Waals surface area contributed by atoms with E-state index in [0.29, 0.717) is 17.7 Å². The fourth-order valence-electron chi connectivity index (χ4n) is 2.66. The average molecular weight is 273 g/mol. The van der Waals surface area contributed by atoms with Crippen LogP contribution in [-0.2, 0) is 4.74 Å². The molecule has 0 bridgehead atoms. The number of pyridine rings is 1. The molecule has 2 rings (SSSR count). The van der Waals surface area contributed by atoms with Crippen molar-refractivity contribution in [1.29, 1.82) is 5.26 Å². The molecule has 1 fully saturated rings. The number of ether oxygens (including phenoxy) is 1. The molecule has 0 aliphatic carbocycles. The third-order valence-corrected chi connectivity index (χ3v) is 3.70. The predicted molar refractivity (Wildman–Crippen MR) is 79.6 cm³/mol. The highest BCUT2D eigenvalue weighted by atomic mass is 16.5. The number of hydrogen-bond acceptors (Lipinski definition) is 4. The van der Waals surface area contributed by atoms with Gasteiger partial charge in [0.15, 0.2) is 0 Å². The minimum atomic E-state index is 0.292. The minimum Gasteiger partial charge on any atom is -0.379 e. The van der Waals surface area contributed by atoms with Crippen molar-refractivity contribution >= 4 is 5.82 Å². The predicted octanol–water partition coefficient (Wildman–Crippen LogP) is 3.13. The normalized spacial score (nSPS) is 19.1. The first-order chi connectivity index (χ1) is 9.70. The van der Waals surface area contributed by atoms with Crippen LogP contribution in [0, 0.1) is 11.3 Å². The maximum absolute atomic E-state index is 8.84. The van der Waals surface area contributed by atoms with Crippen molar-refractivity contribution in [3.05, 3.63) is 23.9 Å². The number of aromatic nitrogens is 1. The zero-order valence-corrected chi connectivity index (χ0v) is 12.4. The van der Waals surface area contributed by atoms with Crippen LogP contribution >= 0.6 is 0 Å². The molecule has 1 atom stereocenters. The number of nitrogens with zero attached hydrogens (tertiary/aromatic N) is 3. The van der Waals surface area contributed by atoms with E-state index in [9.17, 15) is 0 Å². The second kappa shape index (κ2) is 7.25. The van der Waals surface area contributed by atoms with E-state index in [-0.39, 0.29) is 0 Å². The molecule has 1 aromatic heterocycles. The number of anilines is 1. The molecule has 0 spiro atoms. The van der Waals surface area contributed by atoms with Gasteiger partial charge in [-0.05, 0) is 51.7 Å². The molecule has 0 aromatic carbocycles. The van der Waals surface area contributed by atoms with Crippen molar-refractivity contribution in [3.8, 4) is 6.07 Å². The average Bonchev–Trinajstić information content (AvgIpc) is 2.47. The van der Waals surface area contributed by atoms with E-state index in [0.717, 1.165) is 25.4 Å². The van der Waals surface area contributed by atoms with Crippen LogP contribution in [0.2, 0.25) is 0 Å². The van der Waals surface area contributed by atoms with Crippen LogP contribution < -0.4 is 4.90 Å². The van der Waals surface area contributed by atoms with Gasteiger partial charge >= 0.3 is 0 Å². The van der Waals surface area contributed by atoms with Gasteiger partial charge < -0.3 is 9.64 Å². The molecule has 1 aliphatic heterocycles. The quantitative estimate of drug-likeness (QED) is 0.827. The smallest absolute Gasteiger partial charge is 0.128 e. The van der Waals surface area contributed by atoms with Crippen LogP contribution in [0.15, 0.2) is 18.3 Å². The van der Waals surface area contributed by atoms with Crippen LogP contribution in [0.4, 0.5) is 5.82 Å². The van der Waals surface area contributed by atoms with Crippen LogP contribution in [-0.4, -0.2) is 30.3 Å². The summed E-state index contributed by atoms with van der Waals surface area (Å²) in [6.45, 7) is 5.99. The van der Waals surface area contributed by atoms with Crippen LogP contribution in [0.5, 0.6) is 0 Å². The topological polar surface area (TPSA) is 49.1 Å². The highest BCUT2D eigenvalue weighted by Gasteiger charge is 2.23. The lowest BCUT2D eigenvalue weighted by Gasteiger charge is -2.36. The first kappa shape index (κ1) is 14.8. The van der Waals surface area contributed by atoms with E-state index in [1.165, 1.54) is 19.3 Å². The largest absolute Gasteiger partial charge is 0.379 e. The highest BCUT2D eigenvalue weighted by molar-refractivity contribution is 5.43. The van der Waals surface area contributed by atoms with Gasteiger partial charge in [0.1, 0.15) is 11.9 Å². The number of nitriles is 1. The standard InChI is InChI=1S/C16H23N3O/c1-13(2)20-10-8-15-5-3-4-9-19(15)16-7-6-14(11-17)12-18-16/h6-7,12-13,15H,3-5,8-10H2,1-2H3. The summed E-state index contributed by atoms with van der Waals surface area (Å²) in [6.07, 6.45) is 6.68. The maximum atomic E-state index is 8.84. The number of rotatable bonds is 5.